The second kappa shape index (κ2) is 8.08. The number of benzene rings is 1. The fraction of sp³-hybridized carbons (Fsp3) is 0.300. The summed E-state index contributed by atoms with van der Waals surface area (Å²) >= 11 is 0. The molecule has 1 unspecified atom stereocenters. The van der Waals surface area contributed by atoms with Crippen molar-refractivity contribution in [3.8, 4) is 11.6 Å². The Kier molecular flexibility index (Phi) is 5.18. The average molecular weight is 378 g/mol. The third-order valence-corrected chi connectivity index (χ3v) is 4.86. The molecule has 3 aromatic rings. The van der Waals surface area contributed by atoms with Crippen LogP contribution in [0.4, 0.5) is 11.5 Å². The smallest absolute Gasteiger partial charge is 0.229 e. The first-order valence-corrected chi connectivity index (χ1v) is 9.25. The van der Waals surface area contributed by atoms with Gasteiger partial charge in [0, 0.05) is 37.2 Å². The lowest BCUT2D eigenvalue weighted by molar-refractivity contribution is -0.120. The molecule has 0 aliphatic carbocycles. The predicted molar refractivity (Wildman–Crippen MR) is 106 cm³/mol. The maximum Gasteiger partial charge on any atom is 0.229 e. The molecule has 144 valence electrons. The van der Waals surface area contributed by atoms with E-state index in [4.69, 9.17) is 4.74 Å². The normalized spacial score (nSPS) is 16.6. The van der Waals surface area contributed by atoms with Crippen molar-refractivity contribution < 1.29 is 9.53 Å². The van der Waals surface area contributed by atoms with Crippen molar-refractivity contribution in [3.63, 3.8) is 0 Å². The minimum atomic E-state index is -0.102. The summed E-state index contributed by atoms with van der Waals surface area (Å²) in [6.45, 7) is 1.48. The Hall–Kier alpha value is -3.42. The lowest BCUT2D eigenvalue weighted by Crippen LogP contribution is -2.41. The van der Waals surface area contributed by atoms with E-state index in [9.17, 15) is 4.79 Å². The number of rotatable bonds is 5. The molecule has 28 heavy (non-hydrogen) atoms. The van der Waals surface area contributed by atoms with Gasteiger partial charge < -0.3 is 15.0 Å². The third kappa shape index (κ3) is 3.95. The van der Waals surface area contributed by atoms with E-state index in [0.717, 1.165) is 36.6 Å². The number of nitrogens with one attached hydrogen (secondary N) is 1. The van der Waals surface area contributed by atoms with Crippen molar-refractivity contribution in [1.82, 2.24) is 19.7 Å². The second-order valence-electron chi connectivity index (χ2n) is 6.73. The van der Waals surface area contributed by atoms with Crippen LogP contribution in [-0.4, -0.2) is 45.9 Å². The molecule has 1 fully saturated rings. The SMILES string of the molecule is COc1cccc(NC(=O)C2CCCN(c3ccc(-n4ccnc4)nn3)C2)c1. The number of hydrogen-bond acceptors (Lipinski definition) is 6. The largest absolute Gasteiger partial charge is 0.497 e. The summed E-state index contributed by atoms with van der Waals surface area (Å²) in [5.74, 6) is 2.13. The van der Waals surface area contributed by atoms with E-state index in [2.05, 4.69) is 25.4 Å². The summed E-state index contributed by atoms with van der Waals surface area (Å²) in [6, 6.07) is 11.2. The lowest BCUT2D eigenvalue weighted by Gasteiger charge is -2.32. The highest BCUT2D eigenvalue weighted by molar-refractivity contribution is 5.93. The van der Waals surface area contributed by atoms with E-state index >= 15 is 0 Å². The minimum absolute atomic E-state index is 0.0148. The van der Waals surface area contributed by atoms with Crippen LogP contribution in [0.2, 0.25) is 0 Å². The fourth-order valence-corrected chi connectivity index (χ4v) is 3.36. The van der Waals surface area contributed by atoms with Gasteiger partial charge in [0.2, 0.25) is 5.91 Å². The van der Waals surface area contributed by atoms with Gasteiger partial charge in [0.1, 0.15) is 12.1 Å². The molecule has 1 amide bonds. The first-order chi connectivity index (χ1) is 13.7. The van der Waals surface area contributed by atoms with Crippen molar-refractivity contribution in [2.24, 2.45) is 5.92 Å². The van der Waals surface area contributed by atoms with E-state index in [1.54, 1.807) is 24.2 Å². The van der Waals surface area contributed by atoms with Gasteiger partial charge in [-0.25, -0.2) is 4.98 Å². The van der Waals surface area contributed by atoms with Crippen molar-refractivity contribution in [1.29, 1.82) is 0 Å². The molecule has 0 bridgehead atoms. The molecule has 1 aliphatic heterocycles. The topological polar surface area (TPSA) is 85.2 Å². The zero-order valence-electron chi connectivity index (χ0n) is 15.7. The molecule has 0 radical (unpaired) electrons. The highest BCUT2D eigenvalue weighted by atomic mass is 16.5. The third-order valence-electron chi connectivity index (χ3n) is 4.86. The van der Waals surface area contributed by atoms with Gasteiger partial charge in [-0.15, -0.1) is 10.2 Å². The number of carbonyl (C=O) groups is 1. The number of aromatic nitrogens is 4. The quantitative estimate of drug-likeness (QED) is 0.734. The van der Waals surface area contributed by atoms with E-state index < -0.39 is 0 Å². The molecule has 0 spiro atoms. The monoisotopic (exact) mass is 378 g/mol. The van der Waals surface area contributed by atoms with Crippen LogP contribution < -0.4 is 15.0 Å². The highest BCUT2D eigenvalue weighted by Crippen LogP contribution is 2.24. The van der Waals surface area contributed by atoms with Crippen molar-refractivity contribution in [2.75, 3.05) is 30.4 Å². The van der Waals surface area contributed by atoms with Gasteiger partial charge in [-0.1, -0.05) is 6.07 Å². The van der Waals surface area contributed by atoms with Crippen LogP contribution in [0.1, 0.15) is 12.8 Å². The van der Waals surface area contributed by atoms with Gasteiger partial charge >= 0.3 is 0 Å². The number of methoxy groups -OCH3 is 1. The molecule has 1 aromatic carbocycles. The predicted octanol–water partition coefficient (Wildman–Crippen LogP) is 2.53. The van der Waals surface area contributed by atoms with Crippen LogP contribution in [0.3, 0.4) is 0 Å². The highest BCUT2D eigenvalue weighted by Gasteiger charge is 2.27. The van der Waals surface area contributed by atoms with Gasteiger partial charge in [0.05, 0.1) is 13.0 Å². The van der Waals surface area contributed by atoms with Crippen LogP contribution in [0.15, 0.2) is 55.1 Å². The Balaban J connectivity index is 1.41. The first kappa shape index (κ1) is 18.0. The molecular formula is C20H22N6O2. The zero-order valence-corrected chi connectivity index (χ0v) is 15.7. The van der Waals surface area contributed by atoms with Crippen LogP contribution >= 0.6 is 0 Å². The summed E-state index contributed by atoms with van der Waals surface area (Å²) in [5, 5.41) is 11.6. The van der Waals surface area contributed by atoms with E-state index in [1.807, 2.05) is 42.6 Å². The van der Waals surface area contributed by atoms with Crippen LogP contribution in [0.5, 0.6) is 5.75 Å². The van der Waals surface area contributed by atoms with Crippen LogP contribution in [0, 0.1) is 5.92 Å². The maximum absolute atomic E-state index is 12.7. The molecule has 8 heteroatoms. The lowest BCUT2D eigenvalue weighted by atomic mass is 9.97. The van der Waals surface area contributed by atoms with Crippen LogP contribution in [-0.2, 0) is 4.79 Å². The molecule has 1 saturated heterocycles. The average Bonchev–Trinajstić information content (AvgIpc) is 3.29. The molecule has 3 heterocycles. The van der Waals surface area contributed by atoms with Gasteiger partial charge in [-0.2, -0.15) is 0 Å². The first-order valence-electron chi connectivity index (χ1n) is 9.25. The maximum atomic E-state index is 12.7. The second-order valence-corrected chi connectivity index (χ2v) is 6.73. The van der Waals surface area contributed by atoms with Crippen molar-refractivity contribution >= 4 is 17.4 Å². The van der Waals surface area contributed by atoms with Gasteiger partial charge in [0.25, 0.3) is 0 Å². The van der Waals surface area contributed by atoms with Crippen molar-refractivity contribution in [3.05, 3.63) is 55.1 Å². The summed E-state index contributed by atoms with van der Waals surface area (Å²) in [5.41, 5.74) is 0.742. The summed E-state index contributed by atoms with van der Waals surface area (Å²) in [4.78, 5) is 18.9. The number of ether oxygens (including phenoxy) is 1. The Morgan fingerprint density at radius 3 is 2.82 bits per heavy atom. The Labute approximate surface area is 163 Å². The standard InChI is InChI=1S/C20H22N6O2/c1-28-17-6-2-5-16(12-17)22-20(27)15-4-3-10-25(13-15)18-7-8-19(24-23-18)26-11-9-21-14-26/h2,5-9,11-12,14-15H,3-4,10,13H2,1H3,(H,22,27). The molecule has 1 aliphatic rings. The number of piperidine rings is 1. The van der Waals surface area contributed by atoms with Gasteiger partial charge in [0.15, 0.2) is 11.6 Å². The number of hydrogen-bond donors (Lipinski definition) is 1. The Morgan fingerprint density at radius 2 is 2.07 bits per heavy atom. The van der Waals surface area contributed by atoms with Crippen molar-refractivity contribution in [2.45, 2.75) is 12.8 Å². The number of imidazole rings is 1. The molecule has 1 N–H and O–H groups in total. The summed E-state index contributed by atoms with van der Waals surface area (Å²) in [6.07, 6.45) is 6.99. The number of nitrogens with zero attached hydrogens (tertiary/aromatic N) is 5. The van der Waals surface area contributed by atoms with Gasteiger partial charge in [-0.05, 0) is 37.1 Å². The van der Waals surface area contributed by atoms with E-state index in [1.165, 1.54) is 0 Å². The fourth-order valence-electron chi connectivity index (χ4n) is 3.36. The minimum Gasteiger partial charge on any atom is -0.497 e. The number of anilines is 2. The van der Waals surface area contributed by atoms with E-state index in [0.29, 0.717) is 12.4 Å². The molecule has 8 nitrogen and oxygen atoms in total. The van der Waals surface area contributed by atoms with Gasteiger partial charge in [-0.3, -0.25) is 9.36 Å². The molecular weight excluding hydrogens is 356 g/mol. The molecule has 0 saturated carbocycles. The molecule has 2 aromatic heterocycles. The van der Waals surface area contributed by atoms with Crippen LogP contribution in [0.25, 0.3) is 5.82 Å². The number of carbonyl (C=O) groups excluding carboxylic acids is 1. The summed E-state index contributed by atoms with van der Waals surface area (Å²) < 4.78 is 7.02. The molecule has 1 atom stereocenters. The Morgan fingerprint density at radius 1 is 1.21 bits per heavy atom. The zero-order chi connectivity index (χ0) is 19.3. The Bertz CT molecular complexity index is 926. The van der Waals surface area contributed by atoms with E-state index in [-0.39, 0.29) is 11.8 Å². The summed E-state index contributed by atoms with van der Waals surface area (Å²) in [7, 11) is 1.61. The molecule has 4 rings (SSSR count). The number of amides is 1.